The van der Waals surface area contributed by atoms with E-state index in [2.05, 4.69) is 142 Å². The Morgan fingerprint density at radius 1 is 0.469 bits per heavy atom. The van der Waals surface area contributed by atoms with Crippen LogP contribution in [0, 0.1) is 5.92 Å². The van der Waals surface area contributed by atoms with E-state index >= 15 is 0 Å². The summed E-state index contributed by atoms with van der Waals surface area (Å²) in [6, 6.07) is 36.2. The van der Waals surface area contributed by atoms with Crippen molar-refractivity contribution < 1.29 is 8.97 Å². The van der Waals surface area contributed by atoms with Crippen LogP contribution in [0.3, 0.4) is 0 Å². The van der Waals surface area contributed by atoms with Crippen LogP contribution in [0.25, 0.3) is 0 Å². The number of para-hydroxylation sites is 4. The second-order valence-corrected chi connectivity index (χ2v) is 16.4. The fourth-order valence-corrected chi connectivity index (χ4v) is 8.68. The Balaban J connectivity index is 0.928. The number of hydrogen-bond acceptors (Lipinski definition) is 2. The minimum Gasteiger partial charge on any atom is -0.341 e. The van der Waals surface area contributed by atoms with Crippen LogP contribution in [0.5, 0.6) is 0 Å². The summed E-state index contributed by atoms with van der Waals surface area (Å²) in [6.07, 6.45) is 11.0. The van der Waals surface area contributed by atoms with E-state index in [0.717, 1.165) is 47.7 Å². The van der Waals surface area contributed by atoms with Crippen LogP contribution in [-0.2, 0) is 25.7 Å². The minimum absolute atomic E-state index is 0.601. The van der Waals surface area contributed by atoms with E-state index in [-0.39, 0.29) is 0 Å². The van der Waals surface area contributed by atoms with Crippen molar-refractivity contribution in [2.24, 2.45) is 5.92 Å². The second kappa shape index (κ2) is 16.0. The molecule has 0 fully saturated rings. The molecule has 1 unspecified atom stereocenters. The van der Waals surface area contributed by atoms with Crippen molar-refractivity contribution in [3.05, 3.63) is 119 Å². The van der Waals surface area contributed by atoms with Crippen LogP contribution in [0.2, 0.25) is 0 Å². The number of benzene rings is 4. The number of aryl methyl sites for hydroxylation is 4. The third kappa shape index (κ3) is 9.15. The largest absolute Gasteiger partial charge is 0.341 e. The molecule has 260 valence electrons. The maximum absolute atomic E-state index is 2.62. The number of nitrogens with zero attached hydrogens (tertiary/aromatic N) is 4. The van der Waals surface area contributed by atoms with Crippen LogP contribution in [0.15, 0.2) is 97.1 Å². The highest BCUT2D eigenvalue weighted by atomic mass is 15.3. The number of fused-ring (bicyclic) bond motifs is 4. The third-order valence-electron chi connectivity index (χ3n) is 11.2. The highest BCUT2D eigenvalue weighted by molar-refractivity contribution is 5.72. The first-order chi connectivity index (χ1) is 23.7. The van der Waals surface area contributed by atoms with Gasteiger partial charge in [-0.25, -0.2) is 0 Å². The van der Waals surface area contributed by atoms with Gasteiger partial charge in [-0.05, 0) is 97.9 Å². The molecule has 4 aromatic rings. The maximum Gasteiger partial charge on any atom is 0.0825 e. The molecular weight excluding hydrogens is 597 g/mol. The average Bonchev–Trinajstić information content (AvgIpc) is 3.35. The fraction of sp³-hybridized carbons (Fsp3) is 0.467. The minimum atomic E-state index is 0.601. The van der Waals surface area contributed by atoms with Crippen molar-refractivity contribution in [2.75, 3.05) is 77.3 Å². The molecule has 6 rings (SSSR count). The Labute approximate surface area is 298 Å². The molecule has 49 heavy (non-hydrogen) atoms. The number of hydrogen-bond donors (Lipinski definition) is 0. The molecule has 0 radical (unpaired) electrons. The molecule has 4 nitrogen and oxygen atoms in total. The first-order valence-electron chi connectivity index (χ1n) is 19.2. The summed E-state index contributed by atoms with van der Waals surface area (Å²) >= 11 is 0. The molecule has 0 aromatic heterocycles. The van der Waals surface area contributed by atoms with Crippen LogP contribution in [0.4, 0.5) is 22.7 Å². The lowest BCUT2D eigenvalue weighted by atomic mass is 10.0. The SMILES string of the molecule is CC(CN1c2ccccc2CCc2ccccc21)C[N+](C)(C)CCCCCC[N+](C)(C)CCCN1c2ccccc2CCc2ccccc21. The summed E-state index contributed by atoms with van der Waals surface area (Å²) in [5.41, 5.74) is 11.6. The number of anilines is 4. The summed E-state index contributed by atoms with van der Waals surface area (Å²) < 4.78 is 2.21. The molecule has 2 aliphatic heterocycles. The van der Waals surface area contributed by atoms with E-state index in [1.807, 2.05) is 0 Å². The second-order valence-electron chi connectivity index (χ2n) is 16.4. The predicted molar refractivity (Wildman–Crippen MR) is 211 cm³/mol. The highest BCUT2D eigenvalue weighted by Crippen LogP contribution is 2.37. The first-order valence-corrected chi connectivity index (χ1v) is 19.2. The maximum atomic E-state index is 2.62. The van der Waals surface area contributed by atoms with Crippen LogP contribution >= 0.6 is 0 Å². The van der Waals surface area contributed by atoms with E-state index in [1.165, 1.54) is 103 Å². The third-order valence-corrected chi connectivity index (χ3v) is 11.2. The van der Waals surface area contributed by atoms with Gasteiger partial charge in [-0.3, -0.25) is 0 Å². The van der Waals surface area contributed by atoms with E-state index in [9.17, 15) is 0 Å². The Hall–Kier alpha value is -3.60. The summed E-state index contributed by atoms with van der Waals surface area (Å²) in [4.78, 5) is 5.22. The van der Waals surface area contributed by atoms with Crippen molar-refractivity contribution >= 4 is 22.7 Å². The molecule has 0 bridgehead atoms. The number of unbranched alkanes of at least 4 members (excludes halogenated alkanes) is 3. The van der Waals surface area contributed by atoms with Crippen molar-refractivity contribution in [3.8, 4) is 0 Å². The van der Waals surface area contributed by atoms with E-state index in [1.54, 1.807) is 0 Å². The zero-order valence-corrected chi connectivity index (χ0v) is 31.2. The molecule has 0 spiro atoms. The van der Waals surface area contributed by atoms with Gasteiger partial charge in [0.25, 0.3) is 0 Å². The number of quaternary nitrogens is 2. The van der Waals surface area contributed by atoms with Gasteiger partial charge in [-0.15, -0.1) is 0 Å². The molecule has 4 heteroatoms. The molecule has 0 saturated heterocycles. The smallest absolute Gasteiger partial charge is 0.0825 e. The lowest BCUT2D eigenvalue weighted by Gasteiger charge is -2.35. The number of rotatable bonds is 15. The molecule has 0 amide bonds. The molecule has 1 atom stereocenters. The van der Waals surface area contributed by atoms with Gasteiger partial charge in [0.2, 0.25) is 0 Å². The lowest BCUT2D eigenvalue weighted by Crippen LogP contribution is -2.45. The van der Waals surface area contributed by atoms with Crippen molar-refractivity contribution in [3.63, 3.8) is 0 Å². The summed E-state index contributed by atoms with van der Waals surface area (Å²) in [5.74, 6) is 0.601. The zero-order valence-electron chi connectivity index (χ0n) is 31.2. The summed E-state index contributed by atoms with van der Waals surface area (Å²) in [7, 11) is 9.77. The van der Waals surface area contributed by atoms with E-state index in [4.69, 9.17) is 0 Å². The molecule has 2 heterocycles. The van der Waals surface area contributed by atoms with Gasteiger partial charge in [0.15, 0.2) is 0 Å². The van der Waals surface area contributed by atoms with Crippen molar-refractivity contribution in [1.82, 2.24) is 0 Å². The quantitative estimate of drug-likeness (QED) is 0.0927. The lowest BCUT2D eigenvalue weighted by molar-refractivity contribution is -0.893. The predicted octanol–water partition coefficient (Wildman–Crippen LogP) is 9.60. The zero-order chi connectivity index (χ0) is 34.3. The molecule has 0 saturated carbocycles. The van der Waals surface area contributed by atoms with Crippen LogP contribution in [0.1, 0.15) is 61.3 Å². The monoisotopic (exact) mass is 658 g/mol. The highest BCUT2D eigenvalue weighted by Gasteiger charge is 2.26. The first kappa shape index (κ1) is 35.2. The Kier molecular flexibility index (Phi) is 11.5. The molecular formula is C45H62N4+2. The Morgan fingerprint density at radius 3 is 1.29 bits per heavy atom. The molecule has 0 aliphatic carbocycles. The van der Waals surface area contributed by atoms with Gasteiger partial charge in [0.05, 0.1) is 54.4 Å². The molecule has 0 N–H and O–H groups in total. The molecule has 2 aliphatic rings. The van der Waals surface area contributed by atoms with E-state index < -0.39 is 0 Å². The van der Waals surface area contributed by atoms with Gasteiger partial charge >= 0.3 is 0 Å². The van der Waals surface area contributed by atoms with Gasteiger partial charge in [0.1, 0.15) is 0 Å². The topological polar surface area (TPSA) is 6.48 Å². The van der Waals surface area contributed by atoms with Gasteiger partial charge in [-0.2, -0.15) is 0 Å². The normalized spacial score (nSPS) is 15.0. The van der Waals surface area contributed by atoms with Crippen molar-refractivity contribution in [2.45, 2.75) is 64.7 Å². The average molecular weight is 659 g/mol. The van der Waals surface area contributed by atoms with E-state index in [0.29, 0.717) is 5.92 Å². The van der Waals surface area contributed by atoms with Crippen molar-refractivity contribution in [1.29, 1.82) is 0 Å². The Morgan fingerprint density at radius 2 is 0.837 bits per heavy atom. The summed E-state index contributed by atoms with van der Waals surface area (Å²) in [6.45, 7) is 9.55. The molecule has 4 aromatic carbocycles. The standard InChI is InChI=1S/C45H62N4/c1-37(35-47-44-25-14-10-21-40(44)29-30-41-22-11-15-26-45(41)47)36-49(4,5)33-17-7-6-16-32-48(2,3)34-18-31-46-42-23-12-8-19-38(42)27-28-39-20-9-13-24-43(39)46/h8-15,19-26,37H,6-7,16-18,27-36H2,1-5H3/q+2. The van der Waals surface area contributed by atoms with Crippen LogP contribution < -0.4 is 9.80 Å². The van der Waals surface area contributed by atoms with Gasteiger partial charge in [0, 0.05) is 48.2 Å². The Bertz CT molecular complexity index is 1560. The summed E-state index contributed by atoms with van der Waals surface area (Å²) in [5, 5.41) is 0. The van der Waals surface area contributed by atoms with Crippen LogP contribution in [-0.4, -0.2) is 76.4 Å². The van der Waals surface area contributed by atoms with Gasteiger partial charge < -0.3 is 18.8 Å². The fourth-order valence-electron chi connectivity index (χ4n) is 8.68. The van der Waals surface area contributed by atoms with Gasteiger partial charge in [-0.1, -0.05) is 79.7 Å².